The topological polar surface area (TPSA) is 139 Å². The molecule has 1 atom stereocenters. The number of pyridine rings is 1. The molecule has 1 N–H and O–H groups in total. The molecular formula is C24H20N6O5. The molecular weight excluding hydrogens is 452 g/mol. The number of carbonyl (C=O) groups is 4. The quantitative estimate of drug-likeness (QED) is 0.557. The number of carbonyl (C=O) groups excluding carboxylic acids is 4. The van der Waals surface area contributed by atoms with E-state index < -0.39 is 29.7 Å². The van der Waals surface area contributed by atoms with Crippen LogP contribution >= 0.6 is 0 Å². The monoisotopic (exact) mass is 472 g/mol. The van der Waals surface area contributed by atoms with E-state index in [0.717, 1.165) is 21.4 Å². The fourth-order valence-electron chi connectivity index (χ4n) is 4.87. The highest BCUT2D eigenvalue weighted by atomic mass is 16.5. The fraction of sp³-hybridized carbons (Fsp3) is 0.292. The molecule has 0 bridgehead atoms. The van der Waals surface area contributed by atoms with Gasteiger partial charge in [-0.05, 0) is 31.4 Å². The number of hydrogen-bond acceptors (Lipinski definition) is 9. The zero-order valence-electron chi connectivity index (χ0n) is 18.6. The van der Waals surface area contributed by atoms with Crippen molar-refractivity contribution in [3.8, 4) is 11.4 Å². The van der Waals surface area contributed by atoms with Crippen LogP contribution in [0, 0.1) is 0 Å². The van der Waals surface area contributed by atoms with Crippen LogP contribution in [0.15, 0.2) is 52.3 Å². The number of imide groups is 2. The molecule has 2 aromatic heterocycles. The van der Waals surface area contributed by atoms with Gasteiger partial charge in [-0.25, -0.2) is 0 Å². The molecule has 1 unspecified atom stereocenters. The van der Waals surface area contributed by atoms with Crippen LogP contribution in [0.4, 0.5) is 0 Å². The Balaban J connectivity index is 1.24. The number of aromatic nitrogens is 3. The van der Waals surface area contributed by atoms with Gasteiger partial charge in [0.2, 0.25) is 23.5 Å². The van der Waals surface area contributed by atoms with E-state index in [-0.39, 0.29) is 25.1 Å². The van der Waals surface area contributed by atoms with Crippen LogP contribution in [0.5, 0.6) is 0 Å². The van der Waals surface area contributed by atoms with Crippen molar-refractivity contribution < 1.29 is 23.7 Å². The summed E-state index contributed by atoms with van der Waals surface area (Å²) in [6.07, 6.45) is 3.03. The summed E-state index contributed by atoms with van der Waals surface area (Å²) < 4.78 is 5.46. The summed E-state index contributed by atoms with van der Waals surface area (Å²) in [7, 11) is 0. The summed E-state index contributed by atoms with van der Waals surface area (Å²) >= 11 is 0. The minimum Gasteiger partial charge on any atom is -0.357 e. The summed E-state index contributed by atoms with van der Waals surface area (Å²) in [5, 5.41) is 7.29. The first-order chi connectivity index (χ1) is 17.0. The van der Waals surface area contributed by atoms with E-state index in [2.05, 4.69) is 20.4 Å². The smallest absolute Gasteiger partial charge is 0.278 e. The van der Waals surface area contributed by atoms with Crippen molar-refractivity contribution in [2.75, 3.05) is 6.54 Å². The summed E-state index contributed by atoms with van der Waals surface area (Å²) in [6, 6.07) is 8.54. The molecule has 35 heavy (non-hydrogen) atoms. The van der Waals surface area contributed by atoms with Crippen LogP contribution in [-0.2, 0) is 25.7 Å². The van der Waals surface area contributed by atoms with Gasteiger partial charge >= 0.3 is 0 Å². The third-order valence-corrected chi connectivity index (χ3v) is 6.54. The molecule has 4 amide bonds. The van der Waals surface area contributed by atoms with Crippen molar-refractivity contribution in [2.45, 2.75) is 38.3 Å². The number of amides is 4. The van der Waals surface area contributed by atoms with Crippen LogP contribution in [-0.4, -0.2) is 61.1 Å². The number of rotatable bonds is 4. The van der Waals surface area contributed by atoms with Crippen molar-refractivity contribution in [3.63, 3.8) is 0 Å². The van der Waals surface area contributed by atoms with Gasteiger partial charge in [0.1, 0.15) is 11.7 Å². The molecule has 11 heteroatoms. The molecule has 0 saturated carbocycles. The Bertz CT molecular complexity index is 1440. The molecule has 3 aromatic rings. The average molecular weight is 472 g/mol. The lowest BCUT2D eigenvalue weighted by atomic mass is 10.0. The number of fused-ring (bicyclic) bond motifs is 1. The average Bonchev–Trinajstić information content (AvgIpc) is 3.42. The highest BCUT2D eigenvalue weighted by Gasteiger charge is 2.48. The first-order valence-electron chi connectivity index (χ1n) is 11.4. The summed E-state index contributed by atoms with van der Waals surface area (Å²) in [5.41, 5.74) is 2.21. The predicted octanol–water partition coefficient (Wildman–Crippen LogP) is 1.31. The molecule has 6 rings (SSSR count). The highest BCUT2D eigenvalue weighted by molar-refractivity contribution is 6.21. The minimum absolute atomic E-state index is 0.0803. The maximum atomic E-state index is 13.3. The minimum atomic E-state index is -0.989. The molecule has 176 valence electrons. The molecule has 0 aliphatic carbocycles. The van der Waals surface area contributed by atoms with Crippen molar-refractivity contribution in [2.24, 2.45) is 0 Å². The maximum Gasteiger partial charge on any atom is 0.278 e. The third-order valence-electron chi connectivity index (χ3n) is 6.54. The molecule has 1 fully saturated rings. The summed E-state index contributed by atoms with van der Waals surface area (Å²) in [4.78, 5) is 61.8. The van der Waals surface area contributed by atoms with E-state index in [4.69, 9.17) is 4.52 Å². The highest BCUT2D eigenvalue weighted by Crippen LogP contribution is 2.34. The van der Waals surface area contributed by atoms with Gasteiger partial charge in [-0.15, -0.1) is 0 Å². The van der Waals surface area contributed by atoms with Crippen molar-refractivity contribution in [1.82, 2.24) is 30.2 Å². The van der Waals surface area contributed by atoms with Gasteiger partial charge < -0.3 is 9.42 Å². The van der Waals surface area contributed by atoms with Gasteiger partial charge in [0.25, 0.3) is 11.8 Å². The normalized spacial score (nSPS) is 20.6. The van der Waals surface area contributed by atoms with Gasteiger partial charge in [-0.3, -0.25) is 34.4 Å². The van der Waals surface area contributed by atoms with E-state index in [9.17, 15) is 19.2 Å². The van der Waals surface area contributed by atoms with Crippen LogP contribution in [0.2, 0.25) is 0 Å². The second-order valence-corrected chi connectivity index (χ2v) is 8.72. The van der Waals surface area contributed by atoms with Crippen LogP contribution < -0.4 is 5.32 Å². The summed E-state index contributed by atoms with van der Waals surface area (Å²) in [6.45, 7) is 0.679. The van der Waals surface area contributed by atoms with Gasteiger partial charge in [0.15, 0.2) is 0 Å². The van der Waals surface area contributed by atoms with Gasteiger partial charge in [-0.2, -0.15) is 4.98 Å². The number of nitrogens with zero attached hydrogens (tertiary/aromatic N) is 5. The third kappa shape index (κ3) is 3.56. The Kier molecular flexibility index (Phi) is 4.90. The molecule has 1 saturated heterocycles. The second-order valence-electron chi connectivity index (χ2n) is 8.72. The zero-order valence-corrected chi connectivity index (χ0v) is 18.6. The first kappa shape index (κ1) is 21.1. The second kappa shape index (κ2) is 8.12. The van der Waals surface area contributed by atoms with E-state index in [1.54, 1.807) is 11.1 Å². The van der Waals surface area contributed by atoms with Crippen molar-refractivity contribution in [3.05, 3.63) is 53.7 Å². The SMILES string of the molecule is O=C1CCC(N2C(=O)C3=C(C2=O)N(Cc2nc(-c4ccc5cccnc5c4)no2)CCC3)C(=O)N1. The molecule has 3 aliphatic heterocycles. The van der Waals surface area contributed by atoms with E-state index in [1.165, 1.54) is 0 Å². The molecule has 0 spiro atoms. The maximum absolute atomic E-state index is 13.3. The van der Waals surface area contributed by atoms with Crippen molar-refractivity contribution >= 4 is 34.5 Å². The molecule has 0 radical (unpaired) electrons. The molecule has 1 aromatic carbocycles. The zero-order chi connectivity index (χ0) is 24.1. The predicted molar refractivity (Wildman–Crippen MR) is 120 cm³/mol. The van der Waals surface area contributed by atoms with Crippen molar-refractivity contribution in [1.29, 1.82) is 0 Å². The molecule has 11 nitrogen and oxygen atoms in total. The Morgan fingerprint density at radius 1 is 1.09 bits per heavy atom. The molecule has 3 aliphatic rings. The first-order valence-corrected chi connectivity index (χ1v) is 11.4. The number of hydrogen-bond donors (Lipinski definition) is 1. The number of benzene rings is 1. The number of piperidine rings is 1. The Hall–Kier alpha value is -4.41. The van der Waals surface area contributed by atoms with Crippen LogP contribution in [0.3, 0.4) is 0 Å². The van der Waals surface area contributed by atoms with Crippen LogP contribution in [0.25, 0.3) is 22.3 Å². The van der Waals surface area contributed by atoms with Gasteiger partial charge in [0, 0.05) is 35.7 Å². The lowest BCUT2D eigenvalue weighted by Crippen LogP contribution is -2.55. The largest absolute Gasteiger partial charge is 0.357 e. The Morgan fingerprint density at radius 3 is 2.83 bits per heavy atom. The van der Waals surface area contributed by atoms with Gasteiger partial charge in [-0.1, -0.05) is 23.4 Å². The summed E-state index contributed by atoms with van der Waals surface area (Å²) in [5.74, 6) is -1.33. The standard InChI is InChI=1S/C24H20N6O5/c31-18-8-7-17(22(32)26-18)30-23(33)15-4-2-10-29(20(15)24(30)34)12-19-27-21(28-35-19)14-6-5-13-3-1-9-25-16(13)11-14/h1,3,5-6,9,11,17H,2,4,7-8,10,12H2,(H,26,31,32). The molecule has 5 heterocycles. The van der Waals surface area contributed by atoms with E-state index >= 15 is 0 Å². The fourth-order valence-corrected chi connectivity index (χ4v) is 4.87. The lowest BCUT2D eigenvalue weighted by molar-refractivity contribution is -0.150. The number of nitrogens with one attached hydrogen (secondary N) is 1. The van der Waals surface area contributed by atoms with E-state index in [0.29, 0.717) is 36.7 Å². The Labute approximate surface area is 198 Å². The Morgan fingerprint density at radius 2 is 1.97 bits per heavy atom. The lowest BCUT2D eigenvalue weighted by Gasteiger charge is -2.29. The van der Waals surface area contributed by atoms with Gasteiger partial charge in [0.05, 0.1) is 12.1 Å². The van der Waals surface area contributed by atoms with Crippen LogP contribution in [0.1, 0.15) is 31.6 Å². The van der Waals surface area contributed by atoms with E-state index in [1.807, 2.05) is 30.3 Å².